The van der Waals surface area contributed by atoms with Gasteiger partial charge in [0.2, 0.25) is 0 Å². The predicted molar refractivity (Wildman–Crippen MR) is 45.9 cm³/mol. The summed E-state index contributed by atoms with van der Waals surface area (Å²) in [7, 11) is 0. The van der Waals surface area contributed by atoms with E-state index < -0.39 is 5.97 Å². The van der Waals surface area contributed by atoms with Crippen molar-refractivity contribution in [3.63, 3.8) is 0 Å². The fraction of sp³-hybridized carbons (Fsp3) is 0.222. The molecule has 0 aliphatic heterocycles. The second-order valence-corrected chi connectivity index (χ2v) is 2.62. The van der Waals surface area contributed by atoms with Crippen molar-refractivity contribution in [2.24, 2.45) is 0 Å². The zero-order chi connectivity index (χ0) is 9.84. The van der Waals surface area contributed by atoms with Gasteiger partial charge in [0, 0.05) is 6.61 Å². The molecule has 70 valence electrons. The molecule has 4 heteroatoms. The van der Waals surface area contributed by atoms with Crippen molar-refractivity contribution in [2.45, 2.75) is 6.42 Å². The summed E-state index contributed by atoms with van der Waals surface area (Å²) >= 11 is 0. The van der Waals surface area contributed by atoms with E-state index in [1.54, 1.807) is 0 Å². The molecule has 0 aliphatic rings. The highest BCUT2D eigenvalue weighted by molar-refractivity contribution is 5.89. The van der Waals surface area contributed by atoms with Crippen molar-refractivity contribution in [3.8, 4) is 5.75 Å². The number of aliphatic hydroxyl groups is 1. The van der Waals surface area contributed by atoms with Crippen molar-refractivity contribution < 1.29 is 20.1 Å². The van der Waals surface area contributed by atoms with Gasteiger partial charge in [0.15, 0.2) is 0 Å². The van der Waals surface area contributed by atoms with E-state index in [1.807, 2.05) is 0 Å². The number of phenols is 1. The Morgan fingerprint density at radius 2 is 2.08 bits per heavy atom. The molecule has 0 radical (unpaired) electrons. The van der Waals surface area contributed by atoms with E-state index in [2.05, 4.69) is 0 Å². The Balaban J connectivity index is 3.10. The summed E-state index contributed by atoms with van der Waals surface area (Å²) in [5, 5.41) is 26.4. The molecule has 1 aromatic rings. The van der Waals surface area contributed by atoms with Gasteiger partial charge in [-0.25, -0.2) is 4.79 Å². The molecule has 0 saturated carbocycles. The average molecular weight is 182 g/mol. The summed E-state index contributed by atoms with van der Waals surface area (Å²) in [5.41, 5.74) is 0.557. The van der Waals surface area contributed by atoms with Crippen molar-refractivity contribution in [2.75, 3.05) is 6.61 Å². The van der Waals surface area contributed by atoms with Crippen molar-refractivity contribution in [3.05, 3.63) is 29.3 Å². The van der Waals surface area contributed by atoms with Crippen LogP contribution in [-0.4, -0.2) is 27.9 Å². The summed E-state index contributed by atoms with van der Waals surface area (Å²) in [6, 6.07) is 3.98. The van der Waals surface area contributed by atoms with E-state index in [0.717, 1.165) is 0 Å². The van der Waals surface area contributed by atoms with Crippen LogP contribution in [0, 0.1) is 0 Å². The molecule has 0 aromatic heterocycles. The molecule has 1 aromatic carbocycles. The molecule has 3 N–H and O–H groups in total. The topological polar surface area (TPSA) is 77.8 Å². The quantitative estimate of drug-likeness (QED) is 0.640. The molecule has 1 rings (SSSR count). The van der Waals surface area contributed by atoms with Gasteiger partial charge in [0.05, 0.1) is 5.56 Å². The smallest absolute Gasteiger partial charge is 0.335 e. The molecule has 0 heterocycles. The minimum atomic E-state index is -1.05. The fourth-order valence-corrected chi connectivity index (χ4v) is 1.12. The van der Waals surface area contributed by atoms with E-state index in [1.165, 1.54) is 18.2 Å². The predicted octanol–water partition coefficient (Wildman–Crippen LogP) is 0.625. The lowest BCUT2D eigenvalue weighted by Gasteiger charge is -2.04. The lowest BCUT2D eigenvalue weighted by molar-refractivity contribution is 0.0695. The van der Waals surface area contributed by atoms with Crippen LogP contribution in [0.3, 0.4) is 0 Å². The van der Waals surface area contributed by atoms with Crippen LogP contribution >= 0.6 is 0 Å². The Hall–Kier alpha value is -1.55. The highest BCUT2D eigenvalue weighted by Gasteiger charge is 2.09. The van der Waals surface area contributed by atoms with Crippen LogP contribution in [0.1, 0.15) is 15.9 Å². The Morgan fingerprint density at radius 3 is 2.62 bits per heavy atom. The number of benzene rings is 1. The van der Waals surface area contributed by atoms with Gasteiger partial charge >= 0.3 is 5.97 Å². The van der Waals surface area contributed by atoms with Crippen molar-refractivity contribution in [1.82, 2.24) is 0 Å². The van der Waals surface area contributed by atoms with Gasteiger partial charge in [-0.1, -0.05) is 0 Å². The highest BCUT2D eigenvalue weighted by Crippen LogP contribution is 2.16. The monoisotopic (exact) mass is 182 g/mol. The average Bonchev–Trinajstić information content (AvgIpc) is 2.04. The van der Waals surface area contributed by atoms with E-state index in [4.69, 9.17) is 15.3 Å². The molecule has 0 bridgehead atoms. The first-order chi connectivity index (χ1) is 6.15. The summed E-state index contributed by atoms with van der Waals surface area (Å²) in [6.45, 7) is -0.135. The first-order valence-electron chi connectivity index (χ1n) is 3.81. The van der Waals surface area contributed by atoms with Gasteiger partial charge < -0.3 is 15.3 Å². The Bertz CT molecular complexity index is 319. The first-order valence-corrected chi connectivity index (χ1v) is 3.81. The molecule has 0 aliphatic carbocycles. The molecule has 0 amide bonds. The number of aromatic hydroxyl groups is 1. The van der Waals surface area contributed by atoms with Crippen molar-refractivity contribution >= 4 is 5.97 Å². The van der Waals surface area contributed by atoms with Gasteiger partial charge in [-0.15, -0.1) is 0 Å². The van der Waals surface area contributed by atoms with E-state index in [-0.39, 0.29) is 24.3 Å². The minimum absolute atomic E-state index is 0.00782. The van der Waals surface area contributed by atoms with Gasteiger partial charge in [-0.2, -0.15) is 0 Å². The number of carbonyl (C=O) groups is 1. The standard InChI is InChI=1S/C9H10O4/c10-4-3-6-5-7(11)1-2-8(6)9(12)13/h1-2,5,10-11H,3-4H2,(H,12,13). The second kappa shape index (κ2) is 3.91. The normalized spacial score (nSPS) is 9.92. The van der Waals surface area contributed by atoms with Crippen LogP contribution in [0.2, 0.25) is 0 Å². The number of hydrogen-bond acceptors (Lipinski definition) is 3. The summed E-state index contributed by atoms with van der Waals surface area (Å²) in [4.78, 5) is 10.6. The summed E-state index contributed by atoms with van der Waals surface area (Å²) in [5.74, 6) is -1.04. The number of phenolic OH excluding ortho intramolecular Hbond substituents is 1. The highest BCUT2D eigenvalue weighted by atomic mass is 16.4. The number of carboxylic acids is 1. The molecule has 13 heavy (non-hydrogen) atoms. The SMILES string of the molecule is O=C(O)c1ccc(O)cc1CCO. The maximum Gasteiger partial charge on any atom is 0.335 e. The third kappa shape index (κ3) is 2.19. The van der Waals surface area contributed by atoms with Gasteiger partial charge in [-0.3, -0.25) is 0 Å². The maximum absolute atomic E-state index is 10.6. The van der Waals surface area contributed by atoms with E-state index in [0.29, 0.717) is 5.56 Å². The van der Waals surface area contributed by atoms with Crippen molar-refractivity contribution in [1.29, 1.82) is 0 Å². The zero-order valence-electron chi connectivity index (χ0n) is 6.90. The van der Waals surface area contributed by atoms with Gasteiger partial charge in [0.1, 0.15) is 5.75 Å². The van der Waals surface area contributed by atoms with Crippen LogP contribution < -0.4 is 0 Å². The van der Waals surface area contributed by atoms with Gasteiger partial charge in [-0.05, 0) is 30.2 Å². The number of aliphatic hydroxyl groups excluding tert-OH is 1. The van der Waals surface area contributed by atoms with Crippen LogP contribution in [0.25, 0.3) is 0 Å². The lowest BCUT2D eigenvalue weighted by atomic mass is 10.0. The fourth-order valence-electron chi connectivity index (χ4n) is 1.12. The van der Waals surface area contributed by atoms with Crippen LogP contribution in [-0.2, 0) is 6.42 Å². The molecule has 0 atom stereocenters. The Kier molecular flexibility index (Phi) is 2.87. The molecular formula is C9H10O4. The molecule has 0 spiro atoms. The number of aromatic carboxylic acids is 1. The number of rotatable bonds is 3. The summed E-state index contributed by atoms with van der Waals surface area (Å²) < 4.78 is 0. The number of carboxylic acid groups (broad SMARTS) is 1. The van der Waals surface area contributed by atoms with E-state index >= 15 is 0 Å². The maximum atomic E-state index is 10.6. The van der Waals surface area contributed by atoms with Gasteiger partial charge in [0.25, 0.3) is 0 Å². The third-order valence-electron chi connectivity index (χ3n) is 1.70. The first kappa shape index (κ1) is 9.54. The second-order valence-electron chi connectivity index (χ2n) is 2.62. The lowest BCUT2D eigenvalue weighted by Crippen LogP contribution is -2.03. The third-order valence-corrected chi connectivity index (χ3v) is 1.70. The molecule has 4 nitrogen and oxygen atoms in total. The van der Waals surface area contributed by atoms with Crippen LogP contribution in [0.15, 0.2) is 18.2 Å². The molecule has 0 fully saturated rings. The number of hydrogen-bond donors (Lipinski definition) is 3. The molecule has 0 unspecified atom stereocenters. The molecule has 0 saturated heterocycles. The Labute approximate surface area is 75.1 Å². The van der Waals surface area contributed by atoms with Crippen LogP contribution in [0.4, 0.5) is 0 Å². The molecular weight excluding hydrogens is 172 g/mol. The largest absolute Gasteiger partial charge is 0.508 e. The van der Waals surface area contributed by atoms with Crippen LogP contribution in [0.5, 0.6) is 5.75 Å². The minimum Gasteiger partial charge on any atom is -0.508 e. The Morgan fingerprint density at radius 1 is 1.38 bits per heavy atom. The van der Waals surface area contributed by atoms with E-state index in [9.17, 15) is 4.79 Å². The summed E-state index contributed by atoms with van der Waals surface area (Å²) in [6.07, 6.45) is 0.232. The zero-order valence-corrected chi connectivity index (χ0v) is 6.90.